The van der Waals surface area contributed by atoms with E-state index >= 15 is 0 Å². The number of nitrogens with two attached hydrogens (primary N) is 1. The van der Waals surface area contributed by atoms with Crippen LogP contribution in [0.3, 0.4) is 0 Å². The average Bonchev–Trinajstić information content (AvgIpc) is 3.17. The number of hydrogen-bond acceptors (Lipinski definition) is 1. The maximum Gasteiger partial charge on any atom is 0.191 e. The van der Waals surface area contributed by atoms with Crippen LogP contribution in [0.25, 0.3) is 0 Å². The van der Waals surface area contributed by atoms with Crippen molar-refractivity contribution in [1.82, 2.24) is 4.90 Å². The molecule has 5 fully saturated rings. The van der Waals surface area contributed by atoms with Crippen molar-refractivity contribution in [3.05, 3.63) is 0 Å². The molecule has 5 rings (SSSR count). The van der Waals surface area contributed by atoms with Gasteiger partial charge in [0.25, 0.3) is 0 Å². The summed E-state index contributed by atoms with van der Waals surface area (Å²) in [7, 11) is 2.11. The van der Waals surface area contributed by atoms with Crippen LogP contribution in [-0.2, 0) is 0 Å². The topological polar surface area (TPSA) is 41.6 Å². The molecular formula is C16H27N3. The van der Waals surface area contributed by atoms with E-state index in [9.17, 15) is 0 Å². The van der Waals surface area contributed by atoms with Crippen molar-refractivity contribution in [1.29, 1.82) is 0 Å². The van der Waals surface area contributed by atoms with Gasteiger partial charge in [-0.05, 0) is 74.5 Å². The fraction of sp³-hybridized carbons (Fsp3) is 0.938. The molecule has 2 N–H and O–H groups in total. The quantitative estimate of drug-likeness (QED) is 0.627. The van der Waals surface area contributed by atoms with Crippen LogP contribution in [0.5, 0.6) is 0 Å². The molecule has 5 saturated carbocycles. The van der Waals surface area contributed by atoms with Crippen LogP contribution < -0.4 is 5.73 Å². The van der Waals surface area contributed by atoms with E-state index in [4.69, 9.17) is 10.7 Å². The first-order valence-electron chi connectivity index (χ1n) is 8.16. The summed E-state index contributed by atoms with van der Waals surface area (Å²) < 4.78 is 0. The van der Waals surface area contributed by atoms with E-state index in [1.165, 1.54) is 51.4 Å². The smallest absolute Gasteiger partial charge is 0.191 e. The summed E-state index contributed by atoms with van der Waals surface area (Å²) in [6.45, 7) is 0.999. The van der Waals surface area contributed by atoms with E-state index in [-0.39, 0.29) is 0 Å². The van der Waals surface area contributed by atoms with Gasteiger partial charge in [0, 0.05) is 19.6 Å². The maximum absolute atomic E-state index is 6.16. The zero-order valence-electron chi connectivity index (χ0n) is 12.1. The second kappa shape index (κ2) is 4.13. The third-order valence-electron chi connectivity index (χ3n) is 6.20. The Morgan fingerprint density at radius 1 is 1.11 bits per heavy atom. The lowest BCUT2D eigenvalue weighted by Crippen LogP contribution is -2.48. The molecule has 0 saturated heterocycles. The Balaban J connectivity index is 1.45. The van der Waals surface area contributed by atoms with Gasteiger partial charge in [0.1, 0.15) is 0 Å². The molecule has 4 bridgehead atoms. The fourth-order valence-electron chi connectivity index (χ4n) is 5.49. The van der Waals surface area contributed by atoms with Crippen LogP contribution in [0.2, 0.25) is 0 Å². The lowest BCUT2D eigenvalue weighted by Gasteiger charge is -2.56. The molecule has 5 aliphatic carbocycles. The SMILES string of the molecule is CN(C(N)=NCC12CC3CC(CC(C3)C1)C2)C1CC1. The Labute approximate surface area is 116 Å². The Morgan fingerprint density at radius 3 is 2.11 bits per heavy atom. The molecule has 0 aromatic heterocycles. The average molecular weight is 261 g/mol. The van der Waals surface area contributed by atoms with Gasteiger partial charge in [0.15, 0.2) is 5.96 Å². The summed E-state index contributed by atoms with van der Waals surface area (Å²) >= 11 is 0. The van der Waals surface area contributed by atoms with Crippen molar-refractivity contribution >= 4 is 5.96 Å². The number of aliphatic imine (C=N–C) groups is 1. The third kappa shape index (κ3) is 2.15. The van der Waals surface area contributed by atoms with Crippen molar-refractivity contribution in [2.24, 2.45) is 33.9 Å². The summed E-state index contributed by atoms with van der Waals surface area (Å²) in [6.07, 6.45) is 11.4. The van der Waals surface area contributed by atoms with Gasteiger partial charge in [0.05, 0.1) is 0 Å². The lowest BCUT2D eigenvalue weighted by atomic mass is 9.49. The van der Waals surface area contributed by atoms with E-state index in [0.717, 1.165) is 30.3 Å². The number of rotatable bonds is 3. The van der Waals surface area contributed by atoms with E-state index in [0.29, 0.717) is 11.5 Å². The molecule has 0 aromatic rings. The van der Waals surface area contributed by atoms with Gasteiger partial charge >= 0.3 is 0 Å². The van der Waals surface area contributed by atoms with E-state index in [2.05, 4.69) is 11.9 Å². The molecule has 3 heteroatoms. The van der Waals surface area contributed by atoms with Gasteiger partial charge in [0.2, 0.25) is 0 Å². The van der Waals surface area contributed by atoms with Gasteiger partial charge < -0.3 is 10.6 Å². The molecule has 0 spiro atoms. The second-order valence-corrected chi connectivity index (χ2v) is 7.93. The summed E-state index contributed by atoms with van der Waals surface area (Å²) in [4.78, 5) is 6.99. The van der Waals surface area contributed by atoms with Crippen molar-refractivity contribution in [2.75, 3.05) is 13.6 Å². The molecule has 0 amide bonds. The van der Waals surface area contributed by atoms with E-state index in [1.807, 2.05) is 0 Å². The monoisotopic (exact) mass is 261 g/mol. The Bertz CT molecular complexity index is 362. The minimum Gasteiger partial charge on any atom is -0.370 e. The standard InChI is InChI=1S/C16H27N3/c1-19(14-2-3-14)15(17)18-10-16-7-11-4-12(8-16)6-13(5-11)9-16/h11-14H,2-10H2,1H3,(H2,17,18). The first-order valence-corrected chi connectivity index (χ1v) is 8.16. The molecule has 0 atom stereocenters. The number of guanidine groups is 1. The van der Waals surface area contributed by atoms with E-state index < -0.39 is 0 Å². The number of nitrogens with zero attached hydrogens (tertiary/aromatic N) is 2. The Hall–Kier alpha value is -0.730. The highest BCUT2D eigenvalue weighted by Gasteiger charge is 2.50. The summed E-state index contributed by atoms with van der Waals surface area (Å²) in [5, 5.41) is 0. The van der Waals surface area contributed by atoms with Crippen molar-refractivity contribution in [3.8, 4) is 0 Å². The molecule has 106 valence electrons. The highest BCUT2D eigenvalue weighted by Crippen LogP contribution is 2.60. The predicted molar refractivity (Wildman–Crippen MR) is 77.9 cm³/mol. The van der Waals surface area contributed by atoms with Gasteiger partial charge in [-0.15, -0.1) is 0 Å². The molecule has 19 heavy (non-hydrogen) atoms. The molecule has 0 radical (unpaired) electrons. The Kier molecular flexibility index (Phi) is 2.62. The first kappa shape index (κ1) is 12.0. The van der Waals surface area contributed by atoms with Crippen molar-refractivity contribution in [3.63, 3.8) is 0 Å². The largest absolute Gasteiger partial charge is 0.370 e. The molecule has 0 aliphatic heterocycles. The molecule has 5 aliphatic rings. The third-order valence-corrected chi connectivity index (χ3v) is 6.20. The fourth-order valence-corrected chi connectivity index (χ4v) is 5.49. The van der Waals surface area contributed by atoms with Gasteiger partial charge in [-0.1, -0.05) is 0 Å². The summed E-state index contributed by atoms with van der Waals surface area (Å²) in [6, 6.07) is 0.681. The van der Waals surface area contributed by atoms with Crippen molar-refractivity contribution in [2.45, 2.75) is 57.4 Å². The number of hydrogen-bond donors (Lipinski definition) is 1. The van der Waals surface area contributed by atoms with Crippen LogP contribution in [-0.4, -0.2) is 30.5 Å². The molecule has 0 aromatic carbocycles. The first-order chi connectivity index (χ1) is 9.13. The predicted octanol–water partition coefficient (Wildman–Crippen LogP) is 2.61. The lowest BCUT2D eigenvalue weighted by molar-refractivity contribution is -0.0466. The molecule has 3 nitrogen and oxygen atoms in total. The van der Waals surface area contributed by atoms with Crippen LogP contribution in [0.1, 0.15) is 51.4 Å². The molecule has 0 heterocycles. The normalized spacial score (nSPS) is 44.7. The van der Waals surface area contributed by atoms with Crippen LogP contribution in [0.4, 0.5) is 0 Å². The minimum absolute atomic E-state index is 0.532. The van der Waals surface area contributed by atoms with E-state index in [1.54, 1.807) is 0 Å². The highest BCUT2D eigenvalue weighted by atomic mass is 15.3. The Morgan fingerprint density at radius 2 is 1.63 bits per heavy atom. The van der Waals surface area contributed by atoms with Crippen LogP contribution in [0, 0.1) is 23.2 Å². The summed E-state index contributed by atoms with van der Waals surface area (Å²) in [5.41, 5.74) is 6.69. The van der Waals surface area contributed by atoms with Gasteiger partial charge in [-0.2, -0.15) is 0 Å². The second-order valence-electron chi connectivity index (χ2n) is 7.93. The van der Waals surface area contributed by atoms with Crippen LogP contribution in [0.15, 0.2) is 4.99 Å². The molecule has 0 unspecified atom stereocenters. The maximum atomic E-state index is 6.16. The zero-order chi connectivity index (χ0) is 13.0. The van der Waals surface area contributed by atoms with Crippen molar-refractivity contribution < 1.29 is 0 Å². The minimum atomic E-state index is 0.532. The molecular weight excluding hydrogens is 234 g/mol. The zero-order valence-corrected chi connectivity index (χ0v) is 12.1. The summed E-state index contributed by atoms with van der Waals surface area (Å²) in [5.74, 6) is 3.84. The highest BCUT2D eigenvalue weighted by molar-refractivity contribution is 5.78. The van der Waals surface area contributed by atoms with Crippen LogP contribution >= 0.6 is 0 Å². The van der Waals surface area contributed by atoms with Gasteiger partial charge in [-0.25, -0.2) is 0 Å². The van der Waals surface area contributed by atoms with Gasteiger partial charge in [-0.3, -0.25) is 4.99 Å².